The molecule has 0 nitrogen and oxygen atoms in total. The monoisotopic (exact) mass is 370 g/mol. The summed E-state index contributed by atoms with van der Waals surface area (Å²) in [4.78, 5) is 0. The second-order valence-electron chi connectivity index (χ2n) is 6.16. The van der Waals surface area contributed by atoms with Crippen molar-refractivity contribution in [3.05, 3.63) is 27.3 Å². The fourth-order valence-electron chi connectivity index (χ4n) is 2.10. The number of rotatable bonds is 7. The summed E-state index contributed by atoms with van der Waals surface area (Å²) in [6.07, 6.45) is 5.58. The first-order chi connectivity index (χ1) is 8.99. The molecule has 0 aliphatic heterocycles. The average molecular weight is 370 g/mol. The summed E-state index contributed by atoms with van der Waals surface area (Å²) >= 11 is 0.189. The first kappa shape index (κ1) is 17.1. The Morgan fingerprint density at radius 1 is 1.11 bits per heavy atom. The molecule has 19 heavy (non-hydrogen) atoms. The number of alkyl halides is 1. The van der Waals surface area contributed by atoms with Crippen molar-refractivity contribution >= 4 is 12.7 Å². The van der Waals surface area contributed by atoms with Gasteiger partial charge in [0.2, 0.25) is 0 Å². The van der Waals surface area contributed by atoms with E-state index < -0.39 is 0 Å². The van der Waals surface area contributed by atoms with Crippen LogP contribution < -0.4 is 26.7 Å². The Morgan fingerprint density at radius 3 is 2.42 bits per heavy atom. The third kappa shape index (κ3) is 5.89. The Bertz CT molecular complexity index is 379. The summed E-state index contributed by atoms with van der Waals surface area (Å²) in [5.41, 5.74) is 3.22. The van der Waals surface area contributed by atoms with Crippen LogP contribution in [0.5, 0.6) is 0 Å². The molecule has 0 heterocycles. The van der Waals surface area contributed by atoms with E-state index in [1.165, 1.54) is 35.6 Å². The second kappa shape index (κ2) is 8.33. The summed E-state index contributed by atoms with van der Waals surface area (Å²) in [5.74, 6) is 0. The van der Waals surface area contributed by atoms with E-state index in [1.807, 2.05) is 0 Å². The minimum absolute atomic E-state index is 0.189. The van der Waals surface area contributed by atoms with E-state index >= 15 is 0 Å². The molecule has 1 aromatic carbocycles. The van der Waals surface area contributed by atoms with Gasteiger partial charge in [0, 0.05) is 0 Å². The molecule has 0 N–H and O–H groups in total. The molecule has 1 rings (SSSR count). The molecule has 0 saturated carbocycles. The number of hydrogen-bond donors (Lipinski definition) is 0. The second-order valence-corrected chi connectivity index (χ2v) is 9.16. The fraction of sp³-hybridized carbons (Fsp3) is 0.647. The molecule has 0 bridgehead atoms. The van der Waals surface area contributed by atoms with Gasteiger partial charge in [-0.05, 0) is 0 Å². The molecule has 107 valence electrons. The predicted octanol–water partition coefficient (Wildman–Crippen LogP) is 1.20. The van der Waals surface area contributed by atoms with Crippen molar-refractivity contribution in [2.45, 2.75) is 65.6 Å². The van der Waals surface area contributed by atoms with Crippen molar-refractivity contribution in [1.82, 2.24) is 0 Å². The number of unbranched alkanes of at least 4 members (excludes halogenated alkanes) is 3. The van der Waals surface area contributed by atoms with Crippen LogP contribution in [0, 0.1) is 3.57 Å². The van der Waals surface area contributed by atoms with E-state index in [4.69, 9.17) is 0 Å². The average Bonchev–Trinajstić information content (AvgIpc) is 2.37. The van der Waals surface area contributed by atoms with Gasteiger partial charge in [-0.3, -0.25) is 0 Å². The van der Waals surface area contributed by atoms with E-state index in [2.05, 4.69) is 60.0 Å². The van der Waals surface area contributed by atoms with E-state index in [0.29, 0.717) is 0 Å². The zero-order chi connectivity index (χ0) is 14.3. The van der Waals surface area contributed by atoms with Crippen molar-refractivity contribution in [3.8, 4) is 0 Å². The van der Waals surface area contributed by atoms with Crippen LogP contribution in [0.2, 0.25) is 6.82 Å². The first-order valence-electron chi connectivity index (χ1n) is 7.52. The standard InChI is InChI=1S/C17H28BI/c1-6-7-8-9-12-19-16-11-10-14(18-5)13-15(16)17(2,3)4/h10-11,13H,6-9,12H2,1-5H3/q-1. The van der Waals surface area contributed by atoms with Crippen LogP contribution in [0.25, 0.3) is 0 Å². The van der Waals surface area contributed by atoms with Gasteiger partial charge < -0.3 is 0 Å². The Labute approximate surface area is 131 Å². The van der Waals surface area contributed by atoms with Crippen LogP contribution in [0.4, 0.5) is 0 Å². The Kier molecular flexibility index (Phi) is 7.49. The van der Waals surface area contributed by atoms with Gasteiger partial charge in [0.05, 0.1) is 0 Å². The van der Waals surface area contributed by atoms with Crippen LogP contribution in [0.1, 0.15) is 58.9 Å². The molecule has 0 amide bonds. The predicted molar refractivity (Wildman–Crippen MR) is 84.1 cm³/mol. The normalized spacial score (nSPS) is 11.8. The van der Waals surface area contributed by atoms with Crippen molar-refractivity contribution in [2.75, 3.05) is 4.43 Å². The maximum absolute atomic E-state index is 2.40. The molecule has 0 unspecified atom stereocenters. The topological polar surface area (TPSA) is 0 Å². The Balaban J connectivity index is 2.71. The quantitative estimate of drug-likeness (QED) is 0.293. The third-order valence-corrected chi connectivity index (χ3v) is 6.42. The summed E-state index contributed by atoms with van der Waals surface area (Å²) in [5, 5.41) is 0. The van der Waals surface area contributed by atoms with Gasteiger partial charge in [-0.2, -0.15) is 0 Å². The Hall–Kier alpha value is 0.0149. The fourth-order valence-corrected chi connectivity index (χ4v) is 5.42. The van der Waals surface area contributed by atoms with E-state index in [0.717, 1.165) is 0 Å². The first-order valence-corrected chi connectivity index (χ1v) is 10.1. The van der Waals surface area contributed by atoms with Crippen molar-refractivity contribution in [2.24, 2.45) is 0 Å². The van der Waals surface area contributed by atoms with Crippen molar-refractivity contribution in [3.63, 3.8) is 0 Å². The van der Waals surface area contributed by atoms with Gasteiger partial charge in [0.1, 0.15) is 0 Å². The molecule has 0 aliphatic carbocycles. The van der Waals surface area contributed by atoms with Gasteiger partial charge in [0.25, 0.3) is 0 Å². The zero-order valence-corrected chi connectivity index (χ0v) is 15.4. The Morgan fingerprint density at radius 2 is 1.84 bits per heavy atom. The molecule has 0 spiro atoms. The molecule has 1 aromatic rings. The number of hydrogen-bond acceptors (Lipinski definition) is 0. The van der Waals surface area contributed by atoms with Gasteiger partial charge in [-0.15, -0.1) is 0 Å². The maximum atomic E-state index is 2.40. The molecule has 0 atom stereocenters. The molecular weight excluding hydrogens is 342 g/mol. The third-order valence-electron chi connectivity index (χ3n) is 3.36. The van der Waals surface area contributed by atoms with Crippen molar-refractivity contribution in [1.29, 1.82) is 0 Å². The molecule has 2 heteroatoms. The molecule has 0 aromatic heterocycles. The number of benzene rings is 1. The SMILES string of the molecule is C[B]c1ccc([I-]CCCCCC)c(C(C)(C)C)c1. The van der Waals surface area contributed by atoms with Gasteiger partial charge in [0.15, 0.2) is 0 Å². The molecular formula is C17H28BI-. The van der Waals surface area contributed by atoms with E-state index in [1.54, 1.807) is 9.13 Å². The molecule has 0 fully saturated rings. The van der Waals surface area contributed by atoms with Gasteiger partial charge in [-0.25, -0.2) is 0 Å². The van der Waals surface area contributed by atoms with Crippen LogP contribution in [-0.4, -0.2) is 11.7 Å². The van der Waals surface area contributed by atoms with Crippen molar-refractivity contribution < 1.29 is 21.2 Å². The van der Waals surface area contributed by atoms with Crippen LogP contribution in [-0.2, 0) is 5.41 Å². The molecule has 0 aliphatic rings. The minimum atomic E-state index is 0.189. The number of halogens is 1. The van der Waals surface area contributed by atoms with Crippen LogP contribution in [0.15, 0.2) is 18.2 Å². The zero-order valence-electron chi connectivity index (χ0n) is 13.2. The van der Waals surface area contributed by atoms with Gasteiger partial charge >= 0.3 is 131 Å². The summed E-state index contributed by atoms with van der Waals surface area (Å²) in [6, 6.07) is 7.08. The summed E-state index contributed by atoms with van der Waals surface area (Å²) < 4.78 is 3.10. The molecule has 0 saturated heterocycles. The summed E-state index contributed by atoms with van der Waals surface area (Å²) in [7, 11) is 2.21. The van der Waals surface area contributed by atoms with E-state index in [9.17, 15) is 0 Å². The van der Waals surface area contributed by atoms with E-state index in [-0.39, 0.29) is 26.6 Å². The van der Waals surface area contributed by atoms with Crippen LogP contribution >= 0.6 is 0 Å². The summed E-state index contributed by atoms with van der Waals surface area (Å²) in [6.45, 7) is 11.4. The van der Waals surface area contributed by atoms with Crippen LogP contribution in [0.3, 0.4) is 0 Å². The molecule has 1 radical (unpaired) electrons. The van der Waals surface area contributed by atoms with Gasteiger partial charge in [-0.1, -0.05) is 0 Å².